The first-order chi connectivity index (χ1) is 11.0. The summed E-state index contributed by atoms with van der Waals surface area (Å²) < 4.78 is 18.4. The number of hydrogen-bond acceptors (Lipinski definition) is 5. The first-order valence-corrected chi connectivity index (χ1v) is 7.46. The summed E-state index contributed by atoms with van der Waals surface area (Å²) in [6.45, 7) is 0.184. The first-order valence-electron chi connectivity index (χ1n) is 7.46. The molecule has 0 spiro atoms. The molecule has 6 nitrogen and oxygen atoms in total. The van der Waals surface area contributed by atoms with Crippen molar-refractivity contribution >= 4 is 5.91 Å². The summed E-state index contributed by atoms with van der Waals surface area (Å²) in [5, 5.41) is 16.2. The molecule has 0 saturated heterocycles. The Morgan fingerprint density at radius 3 is 2.96 bits per heavy atom. The number of halogens is 1. The van der Waals surface area contributed by atoms with Gasteiger partial charge in [0.25, 0.3) is 0 Å². The van der Waals surface area contributed by atoms with E-state index in [2.05, 4.69) is 10.5 Å². The van der Waals surface area contributed by atoms with Crippen LogP contribution < -0.4 is 11.1 Å². The van der Waals surface area contributed by atoms with Crippen LogP contribution in [0.2, 0.25) is 0 Å². The number of nitrogens with zero attached hydrogens (tertiary/aromatic N) is 1. The standard InChI is InChI=1S/C16H18FN3O3/c17-11-3-1-2-9(4-11)14-7-12(23-20-14)8-19-16(22)10-5-13(18)15(21)6-10/h1-4,7,10,13,15,21H,5-6,8,18H2,(H,19,22)/t10-,13+,15+/m0/s1. The van der Waals surface area contributed by atoms with Gasteiger partial charge in [0.1, 0.15) is 11.5 Å². The number of carbonyl (C=O) groups excluding carboxylic acids is 1. The van der Waals surface area contributed by atoms with Gasteiger partial charge in [-0.2, -0.15) is 0 Å². The first kappa shape index (κ1) is 15.6. The van der Waals surface area contributed by atoms with Crippen molar-refractivity contribution in [1.82, 2.24) is 10.5 Å². The lowest BCUT2D eigenvalue weighted by Gasteiger charge is -2.08. The summed E-state index contributed by atoms with van der Waals surface area (Å²) in [4.78, 5) is 12.0. The molecule has 1 heterocycles. The van der Waals surface area contributed by atoms with E-state index in [0.717, 1.165) is 0 Å². The average Bonchev–Trinajstić information content (AvgIpc) is 3.12. The number of nitrogens with two attached hydrogens (primary N) is 1. The lowest BCUT2D eigenvalue weighted by Crippen LogP contribution is -2.30. The highest BCUT2D eigenvalue weighted by Crippen LogP contribution is 2.25. The third-order valence-corrected chi connectivity index (χ3v) is 4.06. The van der Waals surface area contributed by atoms with E-state index in [4.69, 9.17) is 10.3 Å². The SMILES string of the molecule is N[C@@H]1C[C@H](C(=O)NCc2cc(-c3cccc(F)c3)no2)C[C@H]1O. The molecular weight excluding hydrogens is 301 g/mol. The van der Waals surface area contributed by atoms with Crippen molar-refractivity contribution < 1.29 is 18.8 Å². The lowest BCUT2D eigenvalue weighted by molar-refractivity contribution is -0.125. The Balaban J connectivity index is 1.58. The Morgan fingerprint density at radius 2 is 2.26 bits per heavy atom. The fourth-order valence-corrected chi connectivity index (χ4v) is 2.76. The topological polar surface area (TPSA) is 101 Å². The summed E-state index contributed by atoms with van der Waals surface area (Å²) >= 11 is 0. The highest BCUT2D eigenvalue weighted by atomic mass is 19.1. The van der Waals surface area contributed by atoms with E-state index < -0.39 is 6.10 Å². The van der Waals surface area contributed by atoms with Crippen LogP contribution in [0.1, 0.15) is 18.6 Å². The molecule has 4 N–H and O–H groups in total. The molecule has 122 valence electrons. The summed E-state index contributed by atoms with van der Waals surface area (Å²) in [6.07, 6.45) is 0.214. The Bertz CT molecular complexity index is 693. The van der Waals surface area contributed by atoms with Gasteiger partial charge in [-0.3, -0.25) is 4.79 Å². The van der Waals surface area contributed by atoms with Crippen molar-refractivity contribution in [3.05, 3.63) is 41.9 Å². The largest absolute Gasteiger partial charge is 0.391 e. The second kappa shape index (κ2) is 6.47. The minimum atomic E-state index is -0.629. The predicted octanol–water partition coefficient (Wildman–Crippen LogP) is 1.20. The van der Waals surface area contributed by atoms with E-state index in [1.54, 1.807) is 18.2 Å². The van der Waals surface area contributed by atoms with Crippen LogP contribution in [0.25, 0.3) is 11.3 Å². The number of carbonyl (C=O) groups is 1. The van der Waals surface area contributed by atoms with Crippen molar-refractivity contribution in [2.24, 2.45) is 11.7 Å². The molecular formula is C16H18FN3O3. The van der Waals surface area contributed by atoms with Gasteiger partial charge in [-0.1, -0.05) is 17.3 Å². The number of amides is 1. The van der Waals surface area contributed by atoms with Crippen molar-refractivity contribution in [2.75, 3.05) is 0 Å². The molecule has 23 heavy (non-hydrogen) atoms. The van der Waals surface area contributed by atoms with Crippen molar-refractivity contribution in [1.29, 1.82) is 0 Å². The van der Waals surface area contributed by atoms with Gasteiger partial charge in [0.05, 0.1) is 12.6 Å². The summed E-state index contributed by atoms with van der Waals surface area (Å²) in [7, 11) is 0. The molecule has 2 aromatic rings. The second-order valence-electron chi connectivity index (χ2n) is 5.81. The van der Waals surface area contributed by atoms with Crippen LogP contribution in [0.5, 0.6) is 0 Å². The van der Waals surface area contributed by atoms with Crippen molar-refractivity contribution in [2.45, 2.75) is 31.5 Å². The Hall–Kier alpha value is -2.25. The molecule has 1 aliphatic carbocycles. The molecule has 7 heteroatoms. The normalized spacial score (nSPS) is 23.9. The third kappa shape index (κ3) is 3.57. The van der Waals surface area contributed by atoms with Crippen LogP contribution in [-0.2, 0) is 11.3 Å². The minimum absolute atomic E-state index is 0.166. The van der Waals surface area contributed by atoms with Crippen LogP contribution in [0.4, 0.5) is 4.39 Å². The van der Waals surface area contributed by atoms with Crippen LogP contribution in [0.15, 0.2) is 34.9 Å². The van der Waals surface area contributed by atoms with E-state index >= 15 is 0 Å². The predicted molar refractivity (Wildman–Crippen MR) is 80.4 cm³/mol. The molecule has 1 saturated carbocycles. The zero-order valence-corrected chi connectivity index (χ0v) is 12.4. The average molecular weight is 319 g/mol. The number of nitrogens with one attached hydrogen (secondary N) is 1. The molecule has 3 atom stereocenters. The second-order valence-corrected chi connectivity index (χ2v) is 5.81. The minimum Gasteiger partial charge on any atom is -0.391 e. The van der Waals surface area contributed by atoms with Gasteiger partial charge >= 0.3 is 0 Å². The van der Waals surface area contributed by atoms with E-state index in [1.165, 1.54) is 12.1 Å². The highest BCUT2D eigenvalue weighted by molar-refractivity contribution is 5.79. The van der Waals surface area contributed by atoms with Gasteiger partial charge < -0.3 is 20.7 Å². The van der Waals surface area contributed by atoms with Gasteiger partial charge in [-0.05, 0) is 25.0 Å². The number of rotatable bonds is 4. The van der Waals surface area contributed by atoms with E-state index in [9.17, 15) is 14.3 Å². The fraction of sp³-hybridized carbons (Fsp3) is 0.375. The molecule has 3 rings (SSSR count). The fourth-order valence-electron chi connectivity index (χ4n) is 2.76. The molecule has 1 aromatic heterocycles. The highest BCUT2D eigenvalue weighted by Gasteiger charge is 2.34. The molecule has 0 aliphatic heterocycles. The molecule has 1 amide bonds. The van der Waals surface area contributed by atoms with Crippen LogP contribution in [0, 0.1) is 11.7 Å². The Labute approximate surface area is 132 Å². The lowest BCUT2D eigenvalue weighted by atomic mass is 10.1. The third-order valence-electron chi connectivity index (χ3n) is 4.06. The molecule has 0 bridgehead atoms. The summed E-state index contributed by atoms with van der Waals surface area (Å²) in [5.74, 6) is -0.330. The van der Waals surface area contributed by atoms with Crippen molar-refractivity contribution in [3.63, 3.8) is 0 Å². The molecule has 0 unspecified atom stereocenters. The summed E-state index contributed by atoms with van der Waals surface area (Å²) in [5.41, 5.74) is 6.82. The molecule has 1 aromatic carbocycles. The van der Waals surface area contributed by atoms with Crippen LogP contribution in [-0.4, -0.2) is 28.3 Å². The van der Waals surface area contributed by atoms with E-state index in [-0.39, 0.29) is 30.2 Å². The zero-order chi connectivity index (χ0) is 16.4. The maximum atomic E-state index is 13.2. The maximum absolute atomic E-state index is 13.2. The van der Waals surface area contributed by atoms with Gasteiger partial charge in [0.15, 0.2) is 5.76 Å². The number of aliphatic hydroxyl groups is 1. The number of hydrogen-bond donors (Lipinski definition) is 3. The van der Waals surface area contributed by atoms with Crippen LogP contribution in [0.3, 0.4) is 0 Å². The molecule has 1 fully saturated rings. The summed E-state index contributed by atoms with van der Waals surface area (Å²) in [6, 6.07) is 7.34. The smallest absolute Gasteiger partial charge is 0.223 e. The molecule has 1 aliphatic rings. The van der Waals surface area contributed by atoms with Crippen molar-refractivity contribution in [3.8, 4) is 11.3 Å². The zero-order valence-electron chi connectivity index (χ0n) is 12.4. The monoisotopic (exact) mass is 319 g/mol. The van der Waals surface area contributed by atoms with E-state index in [1.807, 2.05) is 0 Å². The number of benzene rings is 1. The van der Waals surface area contributed by atoms with Gasteiger partial charge in [-0.25, -0.2) is 4.39 Å². The quantitative estimate of drug-likeness (QED) is 0.786. The van der Waals surface area contributed by atoms with Gasteiger partial charge in [0, 0.05) is 23.6 Å². The number of aliphatic hydroxyl groups excluding tert-OH is 1. The molecule has 0 radical (unpaired) electrons. The van der Waals surface area contributed by atoms with Gasteiger partial charge in [0.2, 0.25) is 5.91 Å². The Kier molecular flexibility index (Phi) is 4.40. The van der Waals surface area contributed by atoms with Gasteiger partial charge in [-0.15, -0.1) is 0 Å². The number of aromatic nitrogens is 1. The van der Waals surface area contributed by atoms with E-state index in [0.29, 0.717) is 29.9 Å². The maximum Gasteiger partial charge on any atom is 0.223 e. The van der Waals surface area contributed by atoms with Crippen LogP contribution >= 0.6 is 0 Å². The Morgan fingerprint density at radius 1 is 1.43 bits per heavy atom.